The number of amides is 1. The molecule has 0 fully saturated rings. The first-order chi connectivity index (χ1) is 10.1. The average molecular weight is 300 g/mol. The second-order valence-electron chi connectivity index (χ2n) is 4.90. The number of hydrogen-bond donors (Lipinski definition) is 2. The van der Waals surface area contributed by atoms with E-state index < -0.39 is 6.04 Å². The van der Waals surface area contributed by atoms with Crippen LogP contribution in [-0.4, -0.2) is 11.9 Å². The van der Waals surface area contributed by atoms with Gasteiger partial charge in [0.15, 0.2) is 0 Å². The molecule has 0 aliphatic carbocycles. The van der Waals surface area contributed by atoms with Gasteiger partial charge in [0.05, 0.1) is 6.04 Å². The first kappa shape index (κ1) is 15.6. The predicted octanol–water partition coefficient (Wildman–Crippen LogP) is 3.69. The maximum atomic E-state index is 11.5. The highest BCUT2D eigenvalue weighted by molar-refractivity contribution is 7.99. The van der Waals surface area contributed by atoms with Gasteiger partial charge in [-0.25, -0.2) is 0 Å². The van der Waals surface area contributed by atoms with Crippen LogP contribution in [-0.2, 0) is 11.2 Å². The highest BCUT2D eigenvalue weighted by Gasteiger charge is 2.07. The lowest BCUT2D eigenvalue weighted by atomic mass is 10.2. The quantitative estimate of drug-likeness (QED) is 0.885. The van der Waals surface area contributed by atoms with E-state index in [-0.39, 0.29) is 5.91 Å². The molecule has 0 spiro atoms. The molecular weight excluding hydrogens is 280 g/mol. The molecule has 3 N–H and O–H groups in total. The fourth-order valence-corrected chi connectivity index (χ4v) is 2.61. The van der Waals surface area contributed by atoms with E-state index >= 15 is 0 Å². The maximum Gasteiger partial charge on any atom is 0.240 e. The SMILES string of the molecule is CCc1ccc(Sc2ccc(NC(=O)C(C)N)cc2)cc1. The molecule has 4 heteroatoms. The van der Waals surface area contributed by atoms with Gasteiger partial charge in [0.2, 0.25) is 5.91 Å². The van der Waals surface area contributed by atoms with Crippen molar-refractivity contribution in [1.82, 2.24) is 0 Å². The molecule has 110 valence electrons. The third kappa shape index (κ3) is 4.62. The van der Waals surface area contributed by atoms with Gasteiger partial charge in [-0.1, -0.05) is 30.8 Å². The van der Waals surface area contributed by atoms with Crippen molar-refractivity contribution < 1.29 is 4.79 Å². The average Bonchev–Trinajstić information content (AvgIpc) is 2.50. The van der Waals surface area contributed by atoms with Gasteiger partial charge in [0, 0.05) is 15.5 Å². The zero-order valence-electron chi connectivity index (χ0n) is 12.3. The minimum absolute atomic E-state index is 0.175. The van der Waals surface area contributed by atoms with E-state index in [9.17, 15) is 4.79 Å². The second-order valence-corrected chi connectivity index (χ2v) is 6.05. The van der Waals surface area contributed by atoms with Crippen molar-refractivity contribution >= 4 is 23.4 Å². The Labute approximate surface area is 129 Å². The summed E-state index contributed by atoms with van der Waals surface area (Å²) in [6, 6.07) is 15.8. The van der Waals surface area contributed by atoms with Gasteiger partial charge in [0.1, 0.15) is 0 Å². The zero-order chi connectivity index (χ0) is 15.2. The van der Waals surface area contributed by atoms with Crippen LogP contribution in [0.15, 0.2) is 58.3 Å². The van der Waals surface area contributed by atoms with Crippen LogP contribution in [0.5, 0.6) is 0 Å². The Morgan fingerprint density at radius 3 is 2.10 bits per heavy atom. The van der Waals surface area contributed by atoms with Gasteiger partial charge in [-0.05, 0) is 55.3 Å². The van der Waals surface area contributed by atoms with Gasteiger partial charge >= 0.3 is 0 Å². The lowest BCUT2D eigenvalue weighted by molar-refractivity contribution is -0.117. The number of carbonyl (C=O) groups is 1. The molecule has 2 aromatic carbocycles. The summed E-state index contributed by atoms with van der Waals surface area (Å²) >= 11 is 1.70. The fraction of sp³-hybridized carbons (Fsp3) is 0.235. The number of carbonyl (C=O) groups excluding carboxylic acids is 1. The Balaban J connectivity index is 2.00. The largest absolute Gasteiger partial charge is 0.325 e. The summed E-state index contributed by atoms with van der Waals surface area (Å²) in [5.74, 6) is -0.175. The van der Waals surface area contributed by atoms with Crippen LogP contribution in [0.1, 0.15) is 19.4 Å². The van der Waals surface area contributed by atoms with E-state index in [0.717, 1.165) is 17.0 Å². The van der Waals surface area contributed by atoms with Crippen LogP contribution in [0.2, 0.25) is 0 Å². The molecule has 2 rings (SSSR count). The van der Waals surface area contributed by atoms with Crippen LogP contribution in [0, 0.1) is 0 Å². The molecule has 21 heavy (non-hydrogen) atoms. The molecule has 0 aromatic heterocycles. The number of hydrogen-bond acceptors (Lipinski definition) is 3. The topological polar surface area (TPSA) is 55.1 Å². The van der Waals surface area contributed by atoms with E-state index in [1.807, 2.05) is 24.3 Å². The van der Waals surface area contributed by atoms with Crippen molar-refractivity contribution in [2.75, 3.05) is 5.32 Å². The number of nitrogens with one attached hydrogen (secondary N) is 1. The van der Waals surface area contributed by atoms with E-state index in [2.05, 4.69) is 36.5 Å². The summed E-state index contributed by atoms with van der Waals surface area (Å²) in [6.07, 6.45) is 1.05. The smallest absolute Gasteiger partial charge is 0.240 e. The van der Waals surface area contributed by atoms with Gasteiger partial charge in [0.25, 0.3) is 0 Å². The molecule has 0 bridgehead atoms. The number of aryl methyl sites for hydroxylation is 1. The van der Waals surface area contributed by atoms with Crippen LogP contribution < -0.4 is 11.1 Å². The van der Waals surface area contributed by atoms with E-state index in [4.69, 9.17) is 5.73 Å². The van der Waals surface area contributed by atoms with Crippen LogP contribution in [0.3, 0.4) is 0 Å². The standard InChI is InChI=1S/C17H20N2OS/c1-3-13-4-8-15(9-5-13)21-16-10-6-14(7-11-16)19-17(20)12(2)18/h4-12H,3,18H2,1-2H3,(H,19,20). The number of anilines is 1. The maximum absolute atomic E-state index is 11.5. The Kier molecular flexibility index (Phi) is 5.42. The molecule has 1 unspecified atom stereocenters. The second kappa shape index (κ2) is 7.29. The summed E-state index contributed by atoms with van der Waals surface area (Å²) in [5.41, 5.74) is 7.63. The highest BCUT2D eigenvalue weighted by Crippen LogP contribution is 2.28. The fourth-order valence-electron chi connectivity index (χ4n) is 1.79. The molecule has 0 saturated carbocycles. The molecule has 0 heterocycles. The summed E-state index contributed by atoms with van der Waals surface area (Å²) in [7, 11) is 0. The van der Waals surface area contributed by atoms with Crippen molar-refractivity contribution in [2.24, 2.45) is 5.73 Å². The Bertz CT molecular complexity index is 591. The van der Waals surface area contributed by atoms with Gasteiger partial charge in [-0.2, -0.15) is 0 Å². The third-order valence-electron chi connectivity index (χ3n) is 3.10. The first-order valence-corrected chi connectivity index (χ1v) is 7.83. The molecule has 1 amide bonds. The minimum atomic E-state index is -0.504. The minimum Gasteiger partial charge on any atom is -0.325 e. The van der Waals surface area contributed by atoms with Crippen molar-refractivity contribution in [3.05, 3.63) is 54.1 Å². The summed E-state index contributed by atoms with van der Waals surface area (Å²) in [6.45, 7) is 3.82. The summed E-state index contributed by atoms with van der Waals surface area (Å²) < 4.78 is 0. The molecule has 0 aliphatic rings. The normalized spacial score (nSPS) is 12.0. The predicted molar refractivity (Wildman–Crippen MR) is 88.7 cm³/mol. The molecular formula is C17H20N2OS. The zero-order valence-corrected chi connectivity index (χ0v) is 13.1. The van der Waals surface area contributed by atoms with Crippen molar-refractivity contribution in [2.45, 2.75) is 36.1 Å². The molecule has 1 atom stereocenters. The summed E-state index contributed by atoms with van der Waals surface area (Å²) in [4.78, 5) is 13.9. The Hall–Kier alpha value is -1.78. The number of rotatable bonds is 5. The Morgan fingerprint density at radius 2 is 1.62 bits per heavy atom. The lowest BCUT2D eigenvalue weighted by Gasteiger charge is -2.08. The molecule has 3 nitrogen and oxygen atoms in total. The number of nitrogens with two attached hydrogens (primary N) is 1. The van der Waals surface area contributed by atoms with Crippen molar-refractivity contribution in [3.63, 3.8) is 0 Å². The van der Waals surface area contributed by atoms with E-state index in [0.29, 0.717) is 0 Å². The van der Waals surface area contributed by atoms with Crippen LogP contribution in [0.25, 0.3) is 0 Å². The molecule has 0 radical (unpaired) electrons. The van der Waals surface area contributed by atoms with Crippen molar-refractivity contribution in [3.8, 4) is 0 Å². The van der Waals surface area contributed by atoms with E-state index in [1.54, 1.807) is 18.7 Å². The molecule has 0 saturated heterocycles. The van der Waals surface area contributed by atoms with Crippen molar-refractivity contribution in [1.29, 1.82) is 0 Å². The lowest BCUT2D eigenvalue weighted by Crippen LogP contribution is -2.32. The van der Waals surface area contributed by atoms with Crippen LogP contribution >= 0.6 is 11.8 Å². The number of benzene rings is 2. The van der Waals surface area contributed by atoms with Gasteiger partial charge < -0.3 is 11.1 Å². The van der Waals surface area contributed by atoms with E-state index in [1.165, 1.54) is 10.5 Å². The van der Waals surface area contributed by atoms with Gasteiger partial charge in [-0.3, -0.25) is 4.79 Å². The molecule has 0 aliphatic heterocycles. The highest BCUT2D eigenvalue weighted by atomic mass is 32.2. The monoisotopic (exact) mass is 300 g/mol. The van der Waals surface area contributed by atoms with Gasteiger partial charge in [-0.15, -0.1) is 0 Å². The van der Waals surface area contributed by atoms with Crippen LogP contribution in [0.4, 0.5) is 5.69 Å². The summed E-state index contributed by atoms with van der Waals surface area (Å²) in [5, 5.41) is 2.77. The molecule has 2 aromatic rings. The third-order valence-corrected chi connectivity index (χ3v) is 4.12. The first-order valence-electron chi connectivity index (χ1n) is 7.02. The Morgan fingerprint density at radius 1 is 1.10 bits per heavy atom.